The van der Waals surface area contributed by atoms with Gasteiger partial charge >= 0.3 is 0 Å². The number of amides is 1. The lowest BCUT2D eigenvalue weighted by Gasteiger charge is -2.31. The number of carbonyl (C=O) groups is 1. The van der Waals surface area contributed by atoms with Crippen LogP contribution in [0.4, 0.5) is 0 Å². The van der Waals surface area contributed by atoms with Gasteiger partial charge in [0.15, 0.2) is 5.96 Å². The summed E-state index contributed by atoms with van der Waals surface area (Å²) in [6, 6.07) is 10.4. The Balaban J connectivity index is 0.00000312. The molecule has 1 aliphatic rings. The number of nitrogens with zero attached hydrogens (tertiary/aromatic N) is 2. The van der Waals surface area contributed by atoms with Crippen LogP contribution in [-0.4, -0.2) is 43.4 Å². The maximum Gasteiger partial charge on any atom is 0.224 e. The number of halogens is 1. The Morgan fingerprint density at radius 2 is 2.08 bits per heavy atom. The molecule has 1 heterocycles. The molecule has 1 saturated heterocycles. The molecule has 0 bridgehead atoms. The number of guanidine groups is 1. The summed E-state index contributed by atoms with van der Waals surface area (Å²) >= 11 is 0. The Kier molecular flexibility index (Phi) is 9.85. The first-order valence-electron chi connectivity index (χ1n) is 8.90. The number of nitrogens with one attached hydrogen (secondary N) is 2. The fraction of sp³-hybridized carbons (Fsp3) is 0.579. The van der Waals surface area contributed by atoms with Crippen molar-refractivity contribution in [1.82, 2.24) is 15.5 Å². The van der Waals surface area contributed by atoms with Crippen LogP contribution < -0.4 is 10.6 Å². The highest BCUT2D eigenvalue weighted by molar-refractivity contribution is 14.0. The molecule has 0 radical (unpaired) electrons. The monoisotopic (exact) mass is 458 g/mol. The Labute approximate surface area is 168 Å². The van der Waals surface area contributed by atoms with Gasteiger partial charge in [-0.1, -0.05) is 37.3 Å². The molecule has 1 fully saturated rings. The summed E-state index contributed by atoms with van der Waals surface area (Å²) in [5.41, 5.74) is 1.21. The summed E-state index contributed by atoms with van der Waals surface area (Å²) in [6.45, 7) is 6.72. The zero-order valence-electron chi connectivity index (χ0n) is 15.5. The quantitative estimate of drug-likeness (QED) is 0.405. The van der Waals surface area contributed by atoms with Crippen LogP contribution in [-0.2, 0) is 4.79 Å². The molecule has 2 unspecified atom stereocenters. The molecule has 1 aromatic rings. The van der Waals surface area contributed by atoms with E-state index < -0.39 is 0 Å². The van der Waals surface area contributed by atoms with E-state index in [1.165, 1.54) is 12.0 Å². The Morgan fingerprint density at radius 3 is 2.72 bits per heavy atom. The van der Waals surface area contributed by atoms with Gasteiger partial charge in [0.25, 0.3) is 0 Å². The number of rotatable bonds is 5. The van der Waals surface area contributed by atoms with Gasteiger partial charge in [-0.15, -0.1) is 24.0 Å². The zero-order valence-corrected chi connectivity index (χ0v) is 17.8. The predicted molar refractivity (Wildman–Crippen MR) is 114 cm³/mol. The number of benzene rings is 1. The van der Waals surface area contributed by atoms with Crippen LogP contribution in [0.3, 0.4) is 0 Å². The molecule has 0 spiro atoms. The maximum absolute atomic E-state index is 12.3. The molecule has 25 heavy (non-hydrogen) atoms. The van der Waals surface area contributed by atoms with E-state index in [-0.39, 0.29) is 35.9 Å². The van der Waals surface area contributed by atoms with Gasteiger partial charge < -0.3 is 15.5 Å². The summed E-state index contributed by atoms with van der Waals surface area (Å²) in [5.74, 6) is 1.59. The predicted octanol–water partition coefficient (Wildman–Crippen LogP) is 3.18. The van der Waals surface area contributed by atoms with Crippen LogP contribution in [0, 0.1) is 5.92 Å². The van der Waals surface area contributed by atoms with Crippen molar-refractivity contribution in [2.45, 2.75) is 39.2 Å². The molecule has 5 nitrogen and oxygen atoms in total. The van der Waals surface area contributed by atoms with Gasteiger partial charge in [0.05, 0.1) is 6.04 Å². The molecule has 2 atom stereocenters. The molecule has 0 aromatic heterocycles. The van der Waals surface area contributed by atoms with Crippen molar-refractivity contribution in [2.75, 3.05) is 26.7 Å². The zero-order chi connectivity index (χ0) is 17.4. The van der Waals surface area contributed by atoms with E-state index >= 15 is 0 Å². The Bertz CT molecular complexity index is 550. The highest BCUT2D eigenvalue weighted by Gasteiger charge is 2.20. The highest BCUT2D eigenvalue weighted by Crippen LogP contribution is 2.16. The molecular formula is C19H31IN4O. The van der Waals surface area contributed by atoms with Gasteiger partial charge in [-0.3, -0.25) is 9.79 Å². The van der Waals surface area contributed by atoms with Crippen molar-refractivity contribution in [2.24, 2.45) is 10.9 Å². The van der Waals surface area contributed by atoms with Gasteiger partial charge in [-0.2, -0.15) is 0 Å². The van der Waals surface area contributed by atoms with Crippen LogP contribution >= 0.6 is 24.0 Å². The fourth-order valence-corrected chi connectivity index (χ4v) is 3.09. The summed E-state index contributed by atoms with van der Waals surface area (Å²) in [4.78, 5) is 18.5. The third-order valence-electron chi connectivity index (χ3n) is 4.52. The van der Waals surface area contributed by atoms with E-state index in [4.69, 9.17) is 0 Å². The molecular weight excluding hydrogens is 427 g/mol. The molecule has 1 aliphatic heterocycles. The number of hydrogen-bond donors (Lipinski definition) is 2. The van der Waals surface area contributed by atoms with E-state index in [0.29, 0.717) is 18.9 Å². The van der Waals surface area contributed by atoms with Gasteiger partial charge in [0, 0.05) is 33.1 Å². The average molecular weight is 458 g/mol. The second-order valence-corrected chi connectivity index (χ2v) is 6.61. The van der Waals surface area contributed by atoms with Crippen molar-refractivity contribution in [3.05, 3.63) is 35.9 Å². The number of carbonyl (C=O) groups excluding carboxylic acids is 1. The molecule has 6 heteroatoms. The van der Waals surface area contributed by atoms with E-state index in [1.54, 1.807) is 7.05 Å². The lowest BCUT2D eigenvalue weighted by Crippen LogP contribution is -2.43. The third-order valence-corrected chi connectivity index (χ3v) is 4.52. The normalized spacial score (nSPS) is 18.9. The fourth-order valence-electron chi connectivity index (χ4n) is 3.09. The lowest BCUT2D eigenvalue weighted by molar-refractivity contribution is -0.132. The minimum absolute atomic E-state index is 0. The van der Waals surface area contributed by atoms with Crippen LogP contribution in [0.25, 0.3) is 0 Å². The largest absolute Gasteiger partial charge is 0.356 e. The summed E-state index contributed by atoms with van der Waals surface area (Å²) < 4.78 is 0. The van der Waals surface area contributed by atoms with Crippen LogP contribution in [0.1, 0.15) is 44.7 Å². The lowest BCUT2D eigenvalue weighted by atomic mass is 10.00. The third kappa shape index (κ3) is 7.22. The molecule has 1 aromatic carbocycles. The minimum atomic E-state index is 0. The van der Waals surface area contributed by atoms with E-state index in [0.717, 1.165) is 25.5 Å². The SMILES string of the molecule is CN=C(NCCC(=O)N1CCCC(C)C1)NC(C)c1ccccc1.I. The minimum Gasteiger partial charge on any atom is -0.356 e. The smallest absolute Gasteiger partial charge is 0.224 e. The highest BCUT2D eigenvalue weighted by atomic mass is 127. The molecule has 2 N–H and O–H groups in total. The maximum atomic E-state index is 12.3. The molecule has 0 saturated carbocycles. The summed E-state index contributed by atoms with van der Waals surface area (Å²) in [6.07, 6.45) is 2.86. The summed E-state index contributed by atoms with van der Waals surface area (Å²) in [5, 5.41) is 6.60. The summed E-state index contributed by atoms with van der Waals surface area (Å²) in [7, 11) is 1.75. The van der Waals surface area contributed by atoms with Crippen molar-refractivity contribution < 1.29 is 4.79 Å². The van der Waals surface area contributed by atoms with Gasteiger partial charge in [-0.25, -0.2) is 0 Å². The van der Waals surface area contributed by atoms with Gasteiger partial charge in [0.1, 0.15) is 0 Å². The van der Waals surface area contributed by atoms with Gasteiger partial charge in [0.2, 0.25) is 5.91 Å². The molecule has 0 aliphatic carbocycles. The number of aliphatic imine (C=N–C) groups is 1. The van der Waals surface area contributed by atoms with E-state index in [9.17, 15) is 4.79 Å². The first-order chi connectivity index (χ1) is 11.6. The number of hydrogen-bond acceptors (Lipinski definition) is 2. The van der Waals surface area contributed by atoms with Crippen LogP contribution in [0.2, 0.25) is 0 Å². The molecule has 2 rings (SSSR count). The first kappa shape index (κ1) is 21.7. The second kappa shape index (κ2) is 11.3. The molecule has 1 amide bonds. The number of piperidine rings is 1. The average Bonchev–Trinajstić information content (AvgIpc) is 2.61. The second-order valence-electron chi connectivity index (χ2n) is 6.61. The van der Waals surface area contributed by atoms with Crippen molar-refractivity contribution in [1.29, 1.82) is 0 Å². The molecule has 140 valence electrons. The van der Waals surface area contributed by atoms with Crippen molar-refractivity contribution in [3.8, 4) is 0 Å². The van der Waals surface area contributed by atoms with Crippen LogP contribution in [0.15, 0.2) is 35.3 Å². The number of likely N-dealkylation sites (tertiary alicyclic amines) is 1. The van der Waals surface area contributed by atoms with Gasteiger partial charge in [-0.05, 0) is 31.2 Å². The topological polar surface area (TPSA) is 56.7 Å². The first-order valence-corrected chi connectivity index (χ1v) is 8.90. The van der Waals surface area contributed by atoms with E-state index in [1.807, 2.05) is 23.1 Å². The standard InChI is InChI=1S/C19H30N4O.HI/c1-15-8-7-13-23(14-15)18(24)11-12-21-19(20-3)22-16(2)17-9-5-4-6-10-17;/h4-6,9-10,15-16H,7-8,11-14H2,1-3H3,(H2,20,21,22);1H. The van der Waals surface area contributed by atoms with Crippen LogP contribution in [0.5, 0.6) is 0 Å². The van der Waals surface area contributed by atoms with E-state index in [2.05, 4.69) is 41.6 Å². The van der Waals surface area contributed by atoms with Crippen molar-refractivity contribution >= 4 is 35.8 Å². The Morgan fingerprint density at radius 1 is 1.36 bits per heavy atom. The Hall–Kier alpha value is -1.31. The van der Waals surface area contributed by atoms with Crippen molar-refractivity contribution in [3.63, 3.8) is 0 Å².